The van der Waals surface area contributed by atoms with Gasteiger partial charge in [-0.2, -0.15) is 0 Å². The van der Waals surface area contributed by atoms with Gasteiger partial charge in [-0.05, 0) is 31.0 Å². The van der Waals surface area contributed by atoms with E-state index >= 15 is 0 Å². The molecule has 0 aromatic heterocycles. The smallest absolute Gasteiger partial charge is 0.232 e. The Morgan fingerprint density at radius 3 is 2.37 bits per heavy atom. The van der Waals surface area contributed by atoms with Crippen LogP contribution in [0.15, 0.2) is 18.2 Å². The van der Waals surface area contributed by atoms with Gasteiger partial charge >= 0.3 is 0 Å². The highest BCUT2D eigenvalue weighted by atomic mass is 35.5. The second-order valence-corrected chi connectivity index (χ2v) is 5.58. The lowest BCUT2D eigenvalue weighted by atomic mass is 9.79. The first kappa shape index (κ1) is 14.6. The molecule has 1 aliphatic heterocycles. The van der Waals surface area contributed by atoms with Crippen LogP contribution >= 0.6 is 23.2 Å². The van der Waals surface area contributed by atoms with Crippen molar-refractivity contribution in [2.45, 2.75) is 12.8 Å². The van der Waals surface area contributed by atoms with E-state index in [0.29, 0.717) is 48.3 Å². The molecule has 104 valence electrons. The first-order valence-corrected chi connectivity index (χ1v) is 6.87. The monoisotopic (exact) mass is 302 g/mol. The summed E-state index contributed by atoms with van der Waals surface area (Å²) in [6.07, 6.45) is 1.26. The fourth-order valence-electron chi connectivity index (χ4n) is 2.18. The Kier molecular flexibility index (Phi) is 4.68. The minimum Gasteiger partial charge on any atom is -0.381 e. The van der Waals surface area contributed by atoms with E-state index in [9.17, 15) is 4.79 Å². The van der Waals surface area contributed by atoms with Gasteiger partial charge in [0, 0.05) is 35.5 Å². The average molecular weight is 303 g/mol. The number of rotatable bonds is 3. The van der Waals surface area contributed by atoms with Gasteiger partial charge < -0.3 is 15.8 Å². The molecule has 1 heterocycles. The molecule has 0 spiro atoms. The van der Waals surface area contributed by atoms with Gasteiger partial charge in [0.15, 0.2) is 0 Å². The number of anilines is 1. The van der Waals surface area contributed by atoms with E-state index in [1.807, 2.05) is 0 Å². The topological polar surface area (TPSA) is 64.4 Å². The number of halogens is 2. The molecule has 0 saturated carbocycles. The van der Waals surface area contributed by atoms with Crippen LogP contribution in [-0.2, 0) is 9.53 Å². The van der Waals surface area contributed by atoms with Crippen LogP contribution in [0.2, 0.25) is 10.0 Å². The number of carbonyl (C=O) groups excluding carboxylic acids is 1. The first-order chi connectivity index (χ1) is 9.05. The van der Waals surface area contributed by atoms with Crippen molar-refractivity contribution >= 4 is 34.8 Å². The van der Waals surface area contributed by atoms with Gasteiger partial charge in [0.2, 0.25) is 5.91 Å². The maximum absolute atomic E-state index is 12.4. The van der Waals surface area contributed by atoms with Crippen LogP contribution in [-0.4, -0.2) is 25.7 Å². The molecule has 1 saturated heterocycles. The summed E-state index contributed by atoms with van der Waals surface area (Å²) < 4.78 is 5.29. The van der Waals surface area contributed by atoms with Crippen molar-refractivity contribution in [3.05, 3.63) is 28.2 Å². The van der Waals surface area contributed by atoms with E-state index in [0.717, 1.165) is 0 Å². The Morgan fingerprint density at radius 2 is 1.84 bits per heavy atom. The average Bonchev–Trinajstić information content (AvgIpc) is 2.38. The molecule has 1 aromatic carbocycles. The SMILES string of the molecule is NCC1(C(=O)Nc2cc(Cl)cc(Cl)c2)CCOCC1. The summed E-state index contributed by atoms with van der Waals surface area (Å²) >= 11 is 11.8. The molecule has 3 N–H and O–H groups in total. The molecular formula is C13H16Cl2N2O2. The van der Waals surface area contributed by atoms with Gasteiger partial charge in [-0.3, -0.25) is 4.79 Å². The van der Waals surface area contributed by atoms with E-state index in [-0.39, 0.29) is 5.91 Å². The van der Waals surface area contributed by atoms with E-state index in [2.05, 4.69) is 5.32 Å². The number of benzene rings is 1. The fourth-order valence-corrected chi connectivity index (χ4v) is 2.70. The first-order valence-electron chi connectivity index (χ1n) is 6.11. The zero-order chi connectivity index (χ0) is 13.9. The molecule has 4 nitrogen and oxygen atoms in total. The number of nitrogens with one attached hydrogen (secondary N) is 1. The number of carbonyl (C=O) groups is 1. The van der Waals surface area contributed by atoms with Crippen LogP contribution in [0.1, 0.15) is 12.8 Å². The maximum atomic E-state index is 12.4. The minimum atomic E-state index is -0.562. The van der Waals surface area contributed by atoms with Crippen molar-refractivity contribution in [1.82, 2.24) is 0 Å². The van der Waals surface area contributed by atoms with Gasteiger partial charge in [-0.25, -0.2) is 0 Å². The summed E-state index contributed by atoms with van der Waals surface area (Å²) in [7, 11) is 0. The molecule has 2 rings (SSSR count). The van der Waals surface area contributed by atoms with Crippen LogP contribution in [0, 0.1) is 5.41 Å². The highest BCUT2D eigenvalue weighted by molar-refractivity contribution is 6.35. The Labute approximate surface area is 122 Å². The van der Waals surface area contributed by atoms with E-state index < -0.39 is 5.41 Å². The lowest BCUT2D eigenvalue weighted by Gasteiger charge is -2.34. The molecule has 0 atom stereocenters. The number of nitrogens with two attached hydrogens (primary N) is 1. The Hall–Kier alpha value is -0.810. The van der Waals surface area contributed by atoms with Crippen molar-refractivity contribution in [2.24, 2.45) is 11.1 Å². The largest absolute Gasteiger partial charge is 0.381 e. The molecular weight excluding hydrogens is 287 g/mol. The van der Waals surface area contributed by atoms with Crippen molar-refractivity contribution in [2.75, 3.05) is 25.1 Å². The maximum Gasteiger partial charge on any atom is 0.232 e. The van der Waals surface area contributed by atoms with Crippen molar-refractivity contribution < 1.29 is 9.53 Å². The summed E-state index contributed by atoms with van der Waals surface area (Å²) in [4.78, 5) is 12.4. The molecule has 0 bridgehead atoms. The van der Waals surface area contributed by atoms with Crippen molar-refractivity contribution in [3.63, 3.8) is 0 Å². The summed E-state index contributed by atoms with van der Waals surface area (Å²) in [5.41, 5.74) is 5.81. The fraction of sp³-hybridized carbons (Fsp3) is 0.462. The molecule has 6 heteroatoms. The van der Waals surface area contributed by atoms with Gasteiger partial charge in [0.1, 0.15) is 0 Å². The third-order valence-electron chi connectivity index (χ3n) is 3.44. The molecule has 1 aliphatic rings. The van der Waals surface area contributed by atoms with Crippen molar-refractivity contribution in [3.8, 4) is 0 Å². The molecule has 1 aromatic rings. The Morgan fingerprint density at radius 1 is 1.26 bits per heavy atom. The summed E-state index contributed by atoms with van der Waals surface area (Å²) in [5.74, 6) is -0.100. The molecule has 0 radical (unpaired) electrons. The highest BCUT2D eigenvalue weighted by Crippen LogP contribution is 2.31. The van der Waals surface area contributed by atoms with Crippen LogP contribution in [0.25, 0.3) is 0 Å². The third-order valence-corrected chi connectivity index (χ3v) is 3.88. The zero-order valence-corrected chi connectivity index (χ0v) is 11.9. The number of amides is 1. The standard InChI is InChI=1S/C13H16Cl2N2O2/c14-9-5-10(15)7-11(6-9)17-12(18)13(8-16)1-3-19-4-2-13/h5-7H,1-4,8,16H2,(H,17,18). The quantitative estimate of drug-likeness (QED) is 0.902. The van der Waals surface area contributed by atoms with Crippen LogP contribution in [0.5, 0.6) is 0 Å². The predicted octanol–water partition coefficient (Wildman–Crippen LogP) is 2.69. The number of hydrogen-bond acceptors (Lipinski definition) is 3. The van der Waals surface area contributed by atoms with E-state index in [1.165, 1.54) is 0 Å². The van der Waals surface area contributed by atoms with E-state index in [1.54, 1.807) is 18.2 Å². The highest BCUT2D eigenvalue weighted by Gasteiger charge is 2.38. The summed E-state index contributed by atoms with van der Waals surface area (Å²) in [5, 5.41) is 3.81. The minimum absolute atomic E-state index is 0.100. The van der Waals surface area contributed by atoms with E-state index in [4.69, 9.17) is 33.7 Å². The zero-order valence-electron chi connectivity index (χ0n) is 10.4. The van der Waals surface area contributed by atoms with Crippen LogP contribution < -0.4 is 11.1 Å². The molecule has 1 amide bonds. The lowest BCUT2D eigenvalue weighted by Crippen LogP contribution is -2.46. The second-order valence-electron chi connectivity index (χ2n) is 4.71. The van der Waals surface area contributed by atoms with Gasteiger partial charge in [-0.1, -0.05) is 23.2 Å². The third kappa shape index (κ3) is 3.39. The predicted molar refractivity (Wildman–Crippen MR) is 76.6 cm³/mol. The molecule has 0 aliphatic carbocycles. The van der Waals surface area contributed by atoms with Crippen molar-refractivity contribution in [1.29, 1.82) is 0 Å². The van der Waals surface area contributed by atoms with Gasteiger partial charge in [0.25, 0.3) is 0 Å². The number of hydrogen-bond donors (Lipinski definition) is 2. The molecule has 1 fully saturated rings. The second kappa shape index (κ2) is 6.09. The van der Waals surface area contributed by atoms with Gasteiger partial charge in [-0.15, -0.1) is 0 Å². The van der Waals surface area contributed by atoms with Crippen LogP contribution in [0.3, 0.4) is 0 Å². The summed E-state index contributed by atoms with van der Waals surface area (Å²) in [6.45, 7) is 1.42. The van der Waals surface area contributed by atoms with Gasteiger partial charge in [0.05, 0.1) is 5.41 Å². The normalized spacial score (nSPS) is 18.1. The Balaban J connectivity index is 2.14. The lowest BCUT2D eigenvalue weighted by molar-refractivity contribution is -0.130. The number of ether oxygens (including phenoxy) is 1. The summed E-state index contributed by atoms with van der Waals surface area (Å²) in [6, 6.07) is 4.94. The molecule has 0 unspecified atom stereocenters. The van der Waals surface area contributed by atoms with Crippen LogP contribution in [0.4, 0.5) is 5.69 Å². The molecule has 19 heavy (non-hydrogen) atoms. The Bertz CT molecular complexity index is 453.